The third-order valence-corrected chi connectivity index (χ3v) is 5.70. The Morgan fingerprint density at radius 1 is 0.914 bits per heavy atom. The molecule has 0 spiro atoms. The van der Waals surface area contributed by atoms with Crippen LogP contribution >= 0.6 is 0 Å². The lowest BCUT2D eigenvalue weighted by Crippen LogP contribution is -2.32. The highest BCUT2D eigenvalue weighted by atomic mass is 16.6. The summed E-state index contributed by atoms with van der Waals surface area (Å²) in [4.78, 5) is 37.7. The lowest BCUT2D eigenvalue weighted by molar-refractivity contribution is -0.140. The van der Waals surface area contributed by atoms with Crippen LogP contribution in [0, 0.1) is 0 Å². The van der Waals surface area contributed by atoms with E-state index in [2.05, 4.69) is 5.32 Å². The van der Waals surface area contributed by atoms with Gasteiger partial charge >= 0.3 is 17.6 Å². The normalized spacial score (nSPS) is 15.6. The largest absolute Gasteiger partial charge is 0.489 e. The first-order chi connectivity index (χ1) is 16.9. The Morgan fingerprint density at radius 3 is 2.29 bits per heavy atom. The van der Waals surface area contributed by atoms with Crippen molar-refractivity contribution < 1.29 is 28.2 Å². The van der Waals surface area contributed by atoms with Gasteiger partial charge in [-0.3, -0.25) is 0 Å². The summed E-state index contributed by atoms with van der Waals surface area (Å²) in [6.45, 7) is 3.48. The first kappa shape index (κ1) is 23.8. The third kappa shape index (κ3) is 4.96. The number of para-hydroxylation sites is 1. The standard InChI is InChI=1S/C27H25NO7/c1-16-23(26(30)32-3)25(18-9-5-4-6-10-18)24(17(2)28-16)27(31)34-14-13-33-21-15-22(29)35-20-12-8-7-11-19(20)21/h4-12,15,25,28H,13-14H2,1-3H3. The Hall–Kier alpha value is -4.33. The Kier molecular flexibility index (Phi) is 7.01. The summed E-state index contributed by atoms with van der Waals surface area (Å²) >= 11 is 0. The van der Waals surface area contributed by atoms with Gasteiger partial charge in [0.15, 0.2) is 0 Å². The summed E-state index contributed by atoms with van der Waals surface area (Å²) in [5.41, 5.74) is 2.48. The van der Waals surface area contributed by atoms with Crippen molar-refractivity contribution in [1.82, 2.24) is 5.32 Å². The van der Waals surface area contributed by atoms with Crippen molar-refractivity contribution in [2.45, 2.75) is 19.8 Å². The smallest absolute Gasteiger partial charge is 0.339 e. The number of benzene rings is 2. The molecule has 1 N–H and O–H groups in total. The maximum atomic E-state index is 13.2. The predicted octanol–water partition coefficient (Wildman–Crippen LogP) is 3.82. The van der Waals surface area contributed by atoms with Crippen LogP contribution in [0.3, 0.4) is 0 Å². The second-order valence-electron chi connectivity index (χ2n) is 7.95. The van der Waals surface area contributed by atoms with Gasteiger partial charge in [0, 0.05) is 11.4 Å². The monoisotopic (exact) mass is 475 g/mol. The van der Waals surface area contributed by atoms with E-state index >= 15 is 0 Å². The van der Waals surface area contributed by atoms with E-state index in [9.17, 15) is 14.4 Å². The molecule has 0 saturated carbocycles. The number of fused-ring (bicyclic) bond motifs is 1. The minimum Gasteiger partial charge on any atom is -0.489 e. The molecule has 180 valence electrons. The number of carbonyl (C=O) groups is 2. The number of rotatable bonds is 7. The van der Waals surface area contributed by atoms with E-state index in [4.69, 9.17) is 18.6 Å². The van der Waals surface area contributed by atoms with E-state index < -0.39 is 23.5 Å². The molecule has 0 fully saturated rings. The SMILES string of the molecule is COC(=O)C1=C(C)NC(C)=C(C(=O)OCCOc2cc(=O)oc3ccccc23)C1c1ccccc1. The maximum Gasteiger partial charge on any atom is 0.339 e. The zero-order chi connectivity index (χ0) is 24.9. The topological polar surface area (TPSA) is 104 Å². The lowest BCUT2D eigenvalue weighted by atomic mass is 9.80. The van der Waals surface area contributed by atoms with E-state index in [1.807, 2.05) is 30.3 Å². The highest BCUT2D eigenvalue weighted by Gasteiger charge is 2.37. The molecule has 1 aliphatic rings. The van der Waals surface area contributed by atoms with Crippen molar-refractivity contribution in [1.29, 1.82) is 0 Å². The Balaban J connectivity index is 1.53. The molecule has 1 aliphatic heterocycles. The first-order valence-electron chi connectivity index (χ1n) is 11.1. The van der Waals surface area contributed by atoms with Crippen molar-refractivity contribution in [2.24, 2.45) is 0 Å². The molecule has 2 aromatic carbocycles. The van der Waals surface area contributed by atoms with Crippen LogP contribution in [0.15, 0.2) is 92.4 Å². The van der Waals surface area contributed by atoms with Crippen LogP contribution in [-0.4, -0.2) is 32.3 Å². The van der Waals surface area contributed by atoms with E-state index in [-0.39, 0.29) is 13.2 Å². The van der Waals surface area contributed by atoms with Gasteiger partial charge in [0.05, 0.1) is 35.6 Å². The molecule has 0 amide bonds. The molecule has 1 atom stereocenters. The van der Waals surface area contributed by atoms with Crippen LogP contribution in [-0.2, 0) is 19.1 Å². The minimum atomic E-state index is -0.652. The summed E-state index contributed by atoms with van der Waals surface area (Å²) in [6, 6.07) is 17.5. The molecule has 8 nitrogen and oxygen atoms in total. The second-order valence-corrected chi connectivity index (χ2v) is 7.95. The van der Waals surface area contributed by atoms with Crippen molar-refractivity contribution in [3.8, 4) is 5.75 Å². The molecule has 2 heterocycles. The number of ether oxygens (including phenoxy) is 3. The summed E-state index contributed by atoms with van der Waals surface area (Å²) in [5, 5.41) is 3.74. The van der Waals surface area contributed by atoms with Crippen molar-refractivity contribution in [3.63, 3.8) is 0 Å². The van der Waals surface area contributed by atoms with Gasteiger partial charge in [-0.15, -0.1) is 0 Å². The summed E-state index contributed by atoms with van der Waals surface area (Å²) in [7, 11) is 1.30. The number of allylic oxidation sites excluding steroid dienone is 2. The molecule has 1 unspecified atom stereocenters. The summed E-state index contributed by atoms with van der Waals surface area (Å²) in [5.74, 6) is -1.42. The molecule has 35 heavy (non-hydrogen) atoms. The molecule has 0 bridgehead atoms. The number of dihydropyridines is 1. The highest BCUT2D eigenvalue weighted by Crippen LogP contribution is 2.39. The molecular formula is C27H25NO7. The highest BCUT2D eigenvalue weighted by molar-refractivity contribution is 5.99. The van der Waals surface area contributed by atoms with Gasteiger partial charge in [-0.05, 0) is 31.5 Å². The molecule has 3 aromatic rings. The first-order valence-corrected chi connectivity index (χ1v) is 11.1. The Bertz CT molecular complexity index is 1390. The maximum absolute atomic E-state index is 13.2. The fourth-order valence-electron chi connectivity index (χ4n) is 4.19. The van der Waals surface area contributed by atoms with Crippen LogP contribution in [0.1, 0.15) is 25.3 Å². The Labute approximate surface area is 201 Å². The zero-order valence-corrected chi connectivity index (χ0v) is 19.6. The zero-order valence-electron chi connectivity index (χ0n) is 19.6. The van der Waals surface area contributed by atoms with Crippen molar-refractivity contribution in [2.75, 3.05) is 20.3 Å². The van der Waals surface area contributed by atoms with Gasteiger partial charge in [-0.2, -0.15) is 0 Å². The van der Waals surface area contributed by atoms with Gasteiger partial charge in [-0.1, -0.05) is 42.5 Å². The molecule has 0 saturated heterocycles. The molecule has 1 aromatic heterocycles. The molecule has 0 aliphatic carbocycles. The number of carbonyl (C=O) groups excluding carboxylic acids is 2. The number of hydrogen-bond acceptors (Lipinski definition) is 8. The quantitative estimate of drug-likeness (QED) is 0.312. The lowest BCUT2D eigenvalue weighted by Gasteiger charge is -2.30. The second kappa shape index (κ2) is 10.3. The average Bonchev–Trinajstić information content (AvgIpc) is 2.86. The van der Waals surface area contributed by atoms with Gasteiger partial charge in [-0.25, -0.2) is 14.4 Å². The van der Waals surface area contributed by atoms with E-state index in [1.54, 1.807) is 38.1 Å². The van der Waals surface area contributed by atoms with Crippen LogP contribution in [0.25, 0.3) is 11.0 Å². The van der Waals surface area contributed by atoms with Gasteiger partial charge in [0.2, 0.25) is 0 Å². The van der Waals surface area contributed by atoms with Crippen LogP contribution in [0.5, 0.6) is 5.75 Å². The fraction of sp³-hybridized carbons (Fsp3) is 0.222. The summed E-state index contributed by atoms with van der Waals surface area (Å²) < 4.78 is 21.4. The molecule has 8 heteroatoms. The van der Waals surface area contributed by atoms with Crippen molar-refractivity contribution in [3.05, 3.63) is 99.2 Å². The van der Waals surface area contributed by atoms with Crippen LogP contribution in [0.2, 0.25) is 0 Å². The number of hydrogen-bond donors (Lipinski definition) is 1. The summed E-state index contributed by atoms with van der Waals surface area (Å²) in [6.07, 6.45) is 0. The van der Waals surface area contributed by atoms with Crippen molar-refractivity contribution >= 4 is 22.9 Å². The Morgan fingerprint density at radius 2 is 1.57 bits per heavy atom. The fourth-order valence-corrected chi connectivity index (χ4v) is 4.19. The number of esters is 2. The predicted molar refractivity (Wildman–Crippen MR) is 129 cm³/mol. The third-order valence-electron chi connectivity index (χ3n) is 5.70. The van der Waals surface area contributed by atoms with Gasteiger partial charge in [0.25, 0.3) is 0 Å². The van der Waals surface area contributed by atoms with E-state index in [1.165, 1.54) is 13.2 Å². The molecule has 0 radical (unpaired) electrons. The number of methoxy groups -OCH3 is 1. The molecular weight excluding hydrogens is 450 g/mol. The molecule has 4 rings (SSSR count). The van der Waals surface area contributed by atoms with E-state index in [0.29, 0.717) is 39.3 Å². The average molecular weight is 475 g/mol. The number of nitrogens with one attached hydrogen (secondary N) is 1. The van der Waals surface area contributed by atoms with Crippen LogP contribution < -0.4 is 15.7 Å². The van der Waals surface area contributed by atoms with Gasteiger partial charge in [0.1, 0.15) is 24.5 Å². The van der Waals surface area contributed by atoms with Crippen LogP contribution in [0.4, 0.5) is 0 Å². The van der Waals surface area contributed by atoms with Gasteiger partial charge < -0.3 is 23.9 Å². The van der Waals surface area contributed by atoms with E-state index in [0.717, 1.165) is 5.56 Å². The minimum absolute atomic E-state index is 0.0215.